The monoisotopic (exact) mass is 389 g/mol. The molecule has 0 radical (unpaired) electrons. The average molecular weight is 389 g/mol. The molecule has 1 aromatic heterocycles. The fourth-order valence-electron chi connectivity index (χ4n) is 2.47. The van der Waals surface area contributed by atoms with Crippen LogP contribution in [0.4, 0.5) is 0 Å². The number of rotatable bonds is 8. The molecule has 0 fully saturated rings. The number of amides is 2. The Morgan fingerprint density at radius 3 is 2.52 bits per heavy atom. The molecular formula is C19H23N3O4S. The molecule has 2 aromatic rings. The van der Waals surface area contributed by atoms with Gasteiger partial charge in [0, 0.05) is 31.8 Å². The number of nitrogens with zero attached hydrogens (tertiary/aromatic N) is 2. The van der Waals surface area contributed by atoms with Crippen molar-refractivity contribution in [1.29, 1.82) is 0 Å². The van der Waals surface area contributed by atoms with E-state index in [4.69, 9.17) is 0 Å². The highest BCUT2D eigenvalue weighted by Crippen LogP contribution is 2.17. The van der Waals surface area contributed by atoms with E-state index in [-0.39, 0.29) is 24.7 Å². The van der Waals surface area contributed by atoms with E-state index >= 15 is 0 Å². The lowest BCUT2D eigenvalue weighted by Gasteiger charge is -2.25. The minimum Gasteiger partial charge on any atom is -0.480 e. The van der Waals surface area contributed by atoms with Crippen LogP contribution in [0.15, 0.2) is 29.6 Å². The van der Waals surface area contributed by atoms with Crippen molar-refractivity contribution in [3.8, 4) is 0 Å². The van der Waals surface area contributed by atoms with Crippen LogP contribution in [0.3, 0.4) is 0 Å². The van der Waals surface area contributed by atoms with Crippen molar-refractivity contribution < 1.29 is 19.5 Å². The minimum atomic E-state index is -1.11. The Bertz CT molecular complexity index is 817. The third-order valence-electron chi connectivity index (χ3n) is 4.06. The molecule has 1 atom stereocenters. The largest absolute Gasteiger partial charge is 0.480 e. The van der Waals surface area contributed by atoms with Gasteiger partial charge in [-0.3, -0.25) is 9.59 Å². The maximum atomic E-state index is 12.8. The van der Waals surface area contributed by atoms with Crippen LogP contribution in [0.2, 0.25) is 0 Å². The Morgan fingerprint density at radius 1 is 1.26 bits per heavy atom. The Balaban J connectivity index is 2.11. The van der Waals surface area contributed by atoms with Crippen LogP contribution in [-0.2, 0) is 16.0 Å². The van der Waals surface area contributed by atoms with Crippen LogP contribution in [0.1, 0.15) is 40.5 Å². The van der Waals surface area contributed by atoms with Gasteiger partial charge in [0.05, 0.1) is 5.01 Å². The van der Waals surface area contributed by atoms with Crippen LogP contribution in [-0.4, -0.2) is 51.9 Å². The van der Waals surface area contributed by atoms with E-state index in [2.05, 4.69) is 10.3 Å². The Kier molecular flexibility index (Phi) is 7.06. The SMILES string of the molecule is CC(=O)NCCN(C(=O)c1csc(Cc2ccc(C)cc2)n1)C(C)C(=O)O. The first-order valence-electron chi connectivity index (χ1n) is 8.56. The highest BCUT2D eigenvalue weighted by atomic mass is 32.1. The number of carboxylic acid groups (broad SMARTS) is 1. The summed E-state index contributed by atoms with van der Waals surface area (Å²) in [5.74, 6) is -1.80. The molecule has 7 nitrogen and oxygen atoms in total. The van der Waals surface area contributed by atoms with Crippen LogP contribution in [0.25, 0.3) is 0 Å². The lowest BCUT2D eigenvalue weighted by Crippen LogP contribution is -2.46. The molecule has 27 heavy (non-hydrogen) atoms. The van der Waals surface area contributed by atoms with Crippen LogP contribution in [0.5, 0.6) is 0 Å². The number of hydrogen-bond donors (Lipinski definition) is 2. The molecule has 0 saturated heterocycles. The van der Waals surface area contributed by atoms with Gasteiger partial charge in [0.15, 0.2) is 0 Å². The first-order chi connectivity index (χ1) is 12.8. The summed E-state index contributed by atoms with van der Waals surface area (Å²) in [5.41, 5.74) is 2.49. The predicted molar refractivity (Wildman–Crippen MR) is 103 cm³/mol. The number of carbonyl (C=O) groups is 3. The third-order valence-corrected chi connectivity index (χ3v) is 4.91. The van der Waals surface area contributed by atoms with Gasteiger partial charge in [0.25, 0.3) is 5.91 Å². The van der Waals surface area contributed by atoms with Crippen molar-refractivity contribution in [2.75, 3.05) is 13.1 Å². The summed E-state index contributed by atoms with van der Waals surface area (Å²) < 4.78 is 0. The molecule has 0 aliphatic heterocycles. The average Bonchev–Trinajstić information content (AvgIpc) is 3.08. The number of nitrogens with one attached hydrogen (secondary N) is 1. The van der Waals surface area contributed by atoms with E-state index < -0.39 is 17.9 Å². The lowest BCUT2D eigenvalue weighted by atomic mass is 10.1. The smallest absolute Gasteiger partial charge is 0.326 e. The van der Waals surface area contributed by atoms with E-state index in [1.165, 1.54) is 35.6 Å². The second-order valence-electron chi connectivity index (χ2n) is 6.28. The highest BCUT2D eigenvalue weighted by molar-refractivity contribution is 7.09. The number of carboxylic acids is 1. The van der Waals surface area contributed by atoms with Gasteiger partial charge in [-0.25, -0.2) is 9.78 Å². The van der Waals surface area contributed by atoms with Crippen molar-refractivity contribution >= 4 is 29.1 Å². The minimum absolute atomic E-state index is 0.0940. The van der Waals surface area contributed by atoms with Gasteiger partial charge in [-0.15, -0.1) is 11.3 Å². The van der Waals surface area contributed by atoms with Crippen molar-refractivity contribution in [3.63, 3.8) is 0 Å². The van der Waals surface area contributed by atoms with E-state index in [9.17, 15) is 19.5 Å². The molecule has 2 N–H and O–H groups in total. The number of carbonyl (C=O) groups excluding carboxylic acids is 2. The summed E-state index contributed by atoms with van der Waals surface area (Å²) in [6, 6.07) is 7.06. The Hall–Kier alpha value is -2.74. The maximum Gasteiger partial charge on any atom is 0.326 e. The molecule has 0 aliphatic carbocycles. The number of benzene rings is 1. The summed E-state index contributed by atoms with van der Waals surface area (Å²) in [4.78, 5) is 40.7. The van der Waals surface area contributed by atoms with Crippen LogP contribution in [0, 0.1) is 6.92 Å². The van der Waals surface area contributed by atoms with Crippen molar-refractivity contribution in [3.05, 3.63) is 51.5 Å². The molecule has 0 saturated carbocycles. The van der Waals surface area contributed by atoms with Gasteiger partial charge in [0.2, 0.25) is 5.91 Å². The van der Waals surface area contributed by atoms with E-state index in [0.717, 1.165) is 10.6 Å². The summed E-state index contributed by atoms with van der Waals surface area (Å²) >= 11 is 1.37. The van der Waals surface area contributed by atoms with Gasteiger partial charge in [-0.2, -0.15) is 0 Å². The first-order valence-corrected chi connectivity index (χ1v) is 9.44. The van der Waals surface area contributed by atoms with E-state index in [1.54, 1.807) is 5.38 Å². The second kappa shape index (κ2) is 9.27. The number of aliphatic carboxylic acids is 1. The van der Waals surface area contributed by atoms with Gasteiger partial charge < -0.3 is 15.3 Å². The number of aromatic nitrogens is 1. The van der Waals surface area contributed by atoms with Gasteiger partial charge in [-0.05, 0) is 19.4 Å². The van der Waals surface area contributed by atoms with Crippen molar-refractivity contribution in [2.24, 2.45) is 0 Å². The molecule has 0 bridgehead atoms. The predicted octanol–water partition coefficient (Wildman–Crippen LogP) is 2.09. The topological polar surface area (TPSA) is 99.6 Å². The lowest BCUT2D eigenvalue weighted by molar-refractivity contribution is -0.141. The zero-order chi connectivity index (χ0) is 20.0. The van der Waals surface area contributed by atoms with Crippen LogP contribution < -0.4 is 5.32 Å². The van der Waals surface area contributed by atoms with Crippen molar-refractivity contribution in [1.82, 2.24) is 15.2 Å². The zero-order valence-corrected chi connectivity index (χ0v) is 16.4. The molecular weight excluding hydrogens is 366 g/mol. The molecule has 2 amide bonds. The molecule has 1 unspecified atom stereocenters. The van der Waals surface area contributed by atoms with Gasteiger partial charge in [-0.1, -0.05) is 29.8 Å². The molecule has 2 rings (SSSR count). The third kappa shape index (κ3) is 5.89. The summed E-state index contributed by atoms with van der Waals surface area (Å²) in [6.07, 6.45) is 0.610. The maximum absolute atomic E-state index is 12.8. The second-order valence-corrected chi connectivity index (χ2v) is 7.23. The molecule has 0 spiro atoms. The number of hydrogen-bond acceptors (Lipinski definition) is 5. The summed E-state index contributed by atoms with van der Waals surface area (Å²) in [5, 5.41) is 14.3. The molecule has 8 heteroatoms. The summed E-state index contributed by atoms with van der Waals surface area (Å²) in [6.45, 7) is 5.09. The summed E-state index contributed by atoms with van der Waals surface area (Å²) in [7, 11) is 0. The fourth-order valence-corrected chi connectivity index (χ4v) is 3.28. The molecule has 0 aliphatic rings. The number of thiazole rings is 1. The number of aryl methyl sites for hydroxylation is 1. The molecule has 1 aromatic carbocycles. The fraction of sp³-hybridized carbons (Fsp3) is 0.368. The quantitative estimate of drug-likeness (QED) is 0.720. The normalized spacial score (nSPS) is 11.7. The Labute approximate surface area is 162 Å². The molecule has 1 heterocycles. The van der Waals surface area contributed by atoms with E-state index in [1.807, 2.05) is 31.2 Å². The zero-order valence-electron chi connectivity index (χ0n) is 15.6. The highest BCUT2D eigenvalue weighted by Gasteiger charge is 2.27. The standard InChI is InChI=1S/C19H23N3O4S/c1-12-4-6-15(7-5-12)10-17-21-16(11-27-17)18(24)22(13(2)19(25)26)9-8-20-14(3)23/h4-7,11,13H,8-10H2,1-3H3,(H,20,23)(H,25,26). The Morgan fingerprint density at radius 2 is 1.93 bits per heavy atom. The van der Waals surface area contributed by atoms with Crippen LogP contribution >= 0.6 is 11.3 Å². The van der Waals surface area contributed by atoms with E-state index in [0.29, 0.717) is 6.42 Å². The van der Waals surface area contributed by atoms with Gasteiger partial charge in [0.1, 0.15) is 11.7 Å². The van der Waals surface area contributed by atoms with Gasteiger partial charge >= 0.3 is 5.97 Å². The molecule has 144 valence electrons. The first kappa shape index (κ1) is 20.6. The van der Waals surface area contributed by atoms with Crippen molar-refractivity contribution in [2.45, 2.75) is 33.2 Å².